The second-order valence-electron chi connectivity index (χ2n) is 4.90. The predicted molar refractivity (Wildman–Crippen MR) is 78.1 cm³/mol. The summed E-state index contributed by atoms with van der Waals surface area (Å²) in [5.41, 5.74) is 4.01. The molecule has 19 heavy (non-hydrogen) atoms. The van der Waals surface area contributed by atoms with Crippen LogP contribution in [0.5, 0.6) is 0 Å². The van der Waals surface area contributed by atoms with Gasteiger partial charge in [-0.2, -0.15) is 0 Å². The minimum absolute atomic E-state index is 0.472. The molecule has 1 heterocycles. The summed E-state index contributed by atoms with van der Waals surface area (Å²) in [7, 11) is 0. The fraction of sp³-hybridized carbons (Fsp3) is 0.333. The Kier molecular flexibility index (Phi) is 3.38. The third-order valence-corrected chi connectivity index (χ3v) is 3.66. The number of aryl methyl sites for hydroxylation is 2. The highest BCUT2D eigenvalue weighted by Crippen LogP contribution is 2.29. The number of rotatable bonds is 2. The third kappa shape index (κ3) is 2.71. The van der Waals surface area contributed by atoms with Gasteiger partial charge in [-0.3, -0.25) is 0 Å². The SMILES string of the molecule is Cc1nc(Cl)cc(Nc2cccc3c2CCCC3)n1. The van der Waals surface area contributed by atoms with E-state index < -0.39 is 0 Å². The molecule has 1 aromatic heterocycles. The molecule has 0 aliphatic heterocycles. The van der Waals surface area contributed by atoms with Gasteiger partial charge in [0, 0.05) is 11.8 Å². The molecule has 3 rings (SSSR count). The lowest BCUT2D eigenvalue weighted by Gasteiger charge is -2.20. The number of nitrogens with one attached hydrogen (secondary N) is 1. The van der Waals surface area contributed by atoms with Crippen LogP contribution in [0.3, 0.4) is 0 Å². The number of hydrogen-bond donors (Lipinski definition) is 1. The van der Waals surface area contributed by atoms with E-state index in [0.717, 1.165) is 17.9 Å². The van der Waals surface area contributed by atoms with Crippen molar-refractivity contribution in [2.24, 2.45) is 0 Å². The van der Waals surface area contributed by atoms with E-state index in [-0.39, 0.29) is 0 Å². The van der Waals surface area contributed by atoms with E-state index in [9.17, 15) is 0 Å². The standard InChI is InChI=1S/C15H16ClN3/c1-10-17-14(16)9-15(18-10)19-13-8-4-6-11-5-2-3-7-12(11)13/h4,6,8-9H,2-3,5,7H2,1H3,(H,17,18,19). The Hall–Kier alpha value is -1.61. The van der Waals surface area contributed by atoms with Crippen molar-refractivity contribution in [2.75, 3.05) is 5.32 Å². The van der Waals surface area contributed by atoms with Crippen molar-refractivity contribution >= 4 is 23.1 Å². The maximum Gasteiger partial charge on any atom is 0.135 e. The van der Waals surface area contributed by atoms with Crippen molar-refractivity contribution in [1.82, 2.24) is 9.97 Å². The van der Waals surface area contributed by atoms with Gasteiger partial charge in [0.15, 0.2) is 0 Å². The van der Waals surface area contributed by atoms with Crippen LogP contribution in [-0.2, 0) is 12.8 Å². The Morgan fingerprint density at radius 1 is 1.16 bits per heavy atom. The Morgan fingerprint density at radius 2 is 2.00 bits per heavy atom. The van der Waals surface area contributed by atoms with E-state index in [4.69, 9.17) is 11.6 Å². The minimum atomic E-state index is 0.472. The number of anilines is 2. The summed E-state index contributed by atoms with van der Waals surface area (Å²) >= 11 is 5.97. The van der Waals surface area contributed by atoms with Crippen LogP contribution >= 0.6 is 11.6 Å². The summed E-state index contributed by atoms with van der Waals surface area (Å²) in [6, 6.07) is 8.19. The van der Waals surface area contributed by atoms with Crippen molar-refractivity contribution in [3.63, 3.8) is 0 Å². The van der Waals surface area contributed by atoms with Gasteiger partial charge in [0.05, 0.1) is 0 Å². The zero-order valence-corrected chi connectivity index (χ0v) is 11.7. The van der Waals surface area contributed by atoms with E-state index in [1.165, 1.54) is 30.4 Å². The summed E-state index contributed by atoms with van der Waals surface area (Å²) in [5.74, 6) is 1.44. The number of hydrogen-bond acceptors (Lipinski definition) is 3. The summed E-state index contributed by atoms with van der Waals surface area (Å²) in [5, 5.41) is 3.85. The molecule has 3 nitrogen and oxygen atoms in total. The van der Waals surface area contributed by atoms with Crippen molar-refractivity contribution in [3.8, 4) is 0 Å². The average Bonchev–Trinajstić information content (AvgIpc) is 2.38. The van der Waals surface area contributed by atoms with E-state index in [0.29, 0.717) is 11.0 Å². The van der Waals surface area contributed by atoms with Gasteiger partial charge < -0.3 is 5.32 Å². The zero-order valence-electron chi connectivity index (χ0n) is 10.9. The normalized spacial score (nSPS) is 14.0. The largest absolute Gasteiger partial charge is 0.340 e. The van der Waals surface area contributed by atoms with Gasteiger partial charge in [0.25, 0.3) is 0 Å². The zero-order chi connectivity index (χ0) is 13.2. The molecular weight excluding hydrogens is 258 g/mol. The van der Waals surface area contributed by atoms with Crippen LogP contribution in [0.25, 0.3) is 0 Å². The van der Waals surface area contributed by atoms with Crippen LogP contribution in [0.15, 0.2) is 24.3 Å². The van der Waals surface area contributed by atoms with Gasteiger partial charge in [-0.1, -0.05) is 23.7 Å². The highest BCUT2D eigenvalue weighted by atomic mass is 35.5. The number of halogens is 1. The lowest BCUT2D eigenvalue weighted by molar-refractivity contribution is 0.687. The maximum atomic E-state index is 5.97. The minimum Gasteiger partial charge on any atom is -0.340 e. The van der Waals surface area contributed by atoms with Crippen LogP contribution in [-0.4, -0.2) is 9.97 Å². The van der Waals surface area contributed by atoms with Crippen LogP contribution in [0.1, 0.15) is 29.8 Å². The first kappa shape index (κ1) is 12.4. The van der Waals surface area contributed by atoms with E-state index in [2.05, 4.69) is 33.5 Å². The van der Waals surface area contributed by atoms with E-state index >= 15 is 0 Å². The predicted octanol–water partition coefficient (Wildman–Crippen LogP) is 4.06. The van der Waals surface area contributed by atoms with Crippen LogP contribution < -0.4 is 5.32 Å². The molecule has 2 aromatic rings. The number of fused-ring (bicyclic) bond motifs is 1. The molecule has 0 saturated carbocycles. The number of aromatic nitrogens is 2. The fourth-order valence-electron chi connectivity index (χ4n) is 2.63. The van der Waals surface area contributed by atoms with Gasteiger partial charge in [-0.05, 0) is 49.8 Å². The Labute approximate surface area is 118 Å². The molecule has 0 bridgehead atoms. The molecule has 1 N–H and O–H groups in total. The molecule has 1 aliphatic carbocycles. The average molecular weight is 274 g/mol. The van der Waals surface area contributed by atoms with Crippen molar-refractivity contribution in [1.29, 1.82) is 0 Å². The first-order valence-electron chi connectivity index (χ1n) is 6.61. The molecule has 1 aromatic carbocycles. The molecule has 0 amide bonds. The summed E-state index contributed by atoms with van der Waals surface area (Å²) in [6.07, 6.45) is 4.86. The van der Waals surface area contributed by atoms with Crippen molar-refractivity contribution in [3.05, 3.63) is 46.4 Å². The number of benzene rings is 1. The first-order chi connectivity index (χ1) is 9.22. The highest BCUT2D eigenvalue weighted by molar-refractivity contribution is 6.29. The smallest absolute Gasteiger partial charge is 0.135 e. The van der Waals surface area contributed by atoms with Crippen LogP contribution in [0.4, 0.5) is 11.5 Å². The molecule has 0 radical (unpaired) electrons. The van der Waals surface area contributed by atoms with Crippen molar-refractivity contribution in [2.45, 2.75) is 32.6 Å². The monoisotopic (exact) mass is 273 g/mol. The molecule has 0 fully saturated rings. The van der Waals surface area contributed by atoms with Gasteiger partial charge in [-0.25, -0.2) is 9.97 Å². The molecule has 98 valence electrons. The van der Waals surface area contributed by atoms with Crippen LogP contribution in [0.2, 0.25) is 5.15 Å². The molecule has 0 atom stereocenters. The Bertz CT molecular complexity index is 590. The van der Waals surface area contributed by atoms with Gasteiger partial charge in [0.2, 0.25) is 0 Å². The topological polar surface area (TPSA) is 37.8 Å². The van der Waals surface area contributed by atoms with Crippen molar-refractivity contribution < 1.29 is 0 Å². The second-order valence-corrected chi connectivity index (χ2v) is 5.29. The van der Waals surface area contributed by atoms with Gasteiger partial charge in [-0.15, -0.1) is 0 Å². The quantitative estimate of drug-likeness (QED) is 0.839. The molecule has 0 spiro atoms. The Morgan fingerprint density at radius 3 is 2.84 bits per heavy atom. The molecule has 1 aliphatic rings. The van der Waals surface area contributed by atoms with Gasteiger partial charge in [0.1, 0.15) is 16.8 Å². The fourth-order valence-corrected chi connectivity index (χ4v) is 2.86. The molecule has 0 unspecified atom stereocenters. The lowest BCUT2D eigenvalue weighted by atomic mass is 9.90. The lowest BCUT2D eigenvalue weighted by Crippen LogP contribution is -2.07. The summed E-state index contributed by atoms with van der Waals surface area (Å²) in [6.45, 7) is 1.84. The second kappa shape index (κ2) is 5.17. The van der Waals surface area contributed by atoms with Crippen LogP contribution in [0, 0.1) is 6.92 Å². The van der Waals surface area contributed by atoms with Gasteiger partial charge >= 0.3 is 0 Å². The summed E-state index contributed by atoms with van der Waals surface area (Å²) in [4.78, 5) is 8.45. The molecule has 4 heteroatoms. The number of nitrogens with zero attached hydrogens (tertiary/aromatic N) is 2. The first-order valence-corrected chi connectivity index (χ1v) is 6.99. The molecular formula is C15H16ClN3. The van der Waals surface area contributed by atoms with E-state index in [1.807, 2.05) is 6.92 Å². The van der Waals surface area contributed by atoms with E-state index in [1.54, 1.807) is 6.07 Å². The molecule has 0 saturated heterocycles. The maximum absolute atomic E-state index is 5.97. The third-order valence-electron chi connectivity index (χ3n) is 3.47. The summed E-state index contributed by atoms with van der Waals surface area (Å²) < 4.78 is 0. The highest BCUT2D eigenvalue weighted by Gasteiger charge is 2.13. The Balaban J connectivity index is 1.95.